The van der Waals surface area contributed by atoms with E-state index in [-0.39, 0.29) is 17.7 Å². The molecule has 0 saturated carbocycles. The van der Waals surface area contributed by atoms with Crippen molar-refractivity contribution in [2.24, 2.45) is 0 Å². The fourth-order valence-corrected chi connectivity index (χ4v) is 4.27. The van der Waals surface area contributed by atoms with E-state index < -0.39 is 0 Å². The molecule has 6 heteroatoms. The van der Waals surface area contributed by atoms with E-state index in [0.717, 1.165) is 16.9 Å². The molecule has 1 saturated heterocycles. The molecule has 6 nitrogen and oxygen atoms in total. The summed E-state index contributed by atoms with van der Waals surface area (Å²) in [5, 5.41) is 12.3. The highest BCUT2D eigenvalue weighted by molar-refractivity contribution is 6.34. The fraction of sp³-hybridized carbons (Fsp3) is 0.300. The number of allylic oxidation sites excluding steroid dienone is 1. The Bertz CT molecular complexity index is 1230. The highest BCUT2D eigenvalue weighted by Crippen LogP contribution is 2.27. The van der Waals surface area contributed by atoms with Gasteiger partial charge in [0, 0.05) is 42.7 Å². The number of hydrogen-bond donors (Lipinski definition) is 2. The zero-order valence-corrected chi connectivity index (χ0v) is 21.4. The number of hydrogen-bond acceptors (Lipinski definition) is 5. The van der Waals surface area contributed by atoms with E-state index in [4.69, 9.17) is 10.1 Å². The van der Waals surface area contributed by atoms with Crippen LogP contribution in [0.2, 0.25) is 0 Å². The second-order valence-electron chi connectivity index (χ2n) is 9.59. The normalized spacial score (nSPS) is 15.2. The van der Waals surface area contributed by atoms with Crippen LogP contribution in [0.25, 0.3) is 5.57 Å². The average Bonchev–Trinajstić information content (AvgIpc) is 2.89. The van der Waals surface area contributed by atoms with Gasteiger partial charge in [0.1, 0.15) is 18.1 Å². The summed E-state index contributed by atoms with van der Waals surface area (Å²) in [5.41, 5.74) is 5.21. The van der Waals surface area contributed by atoms with Crippen LogP contribution in [-0.2, 0) is 11.4 Å². The molecule has 4 rings (SSSR count). The van der Waals surface area contributed by atoms with Gasteiger partial charge in [-0.05, 0) is 60.7 Å². The zero-order valence-electron chi connectivity index (χ0n) is 21.4. The predicted molar refractivity (Wildman–Crippen MR) is 144 cm³/mol. The molecule has 0 atom stereocenters. The van der Waals surface area contributed by atoms with E-state index >= 15 is 0 Å². The molecule has 2 aromatic carbocycles. The SMILES string of the molecule is CC(C)c1ccc(COc2ccc(/C(C(=N)c3ccncc3)=C3/NCCN(C(C)C)C3=O)cc2)cc1. The Kier molecular flexibility index (Phi) is 7.84. The van der Waals surface area contributed by atoms with E-state index in [9.17, 15) is 4.79 Å². The van der Waals surface area contributed by atoms with Crippen molar-refractivity contribution in [1.82, 2.24) is 15.2 Å². The van der Waals surface area contributed by atoms with E-state index in [1.807, 2.05) is 43.0 Å². The van der Waals surface area contributed by atoms with Crippen molar-refractivity contribution in [2.45, 2.75) is 46.3 Å². The van der Waals surface area contributed by atoms with Gasteiger partial charge < -0.3 is 15.0 Å². The molecule has 36 heavy (non-hydrogen) atoms. The number of benzene rings is 2. The van der Waals surface area contributed by atoms with Gasteiger partial charge >= 0.3 is 0 Å². The molecule has 1 aromatic heterocycles. The van der Waals surface area contributed by atoms with Crippen molar-refractivity contribution >= 4 is 17.2 Å². The molecule has 1 fully saturated rings. The largest absolute Gasteiger partial charge is 0.489 e. The number of nitrogens with zero attached hydrogens (tertiary/aromatic N) is 2. The van der Waals surface area contributed by atoms with Gasteiger partial charge in [0.25, 0.3) is 5.91 Å². The second kappa shape index (κ2) is 11.2. The maximum atomic E-state index is 13.4. The summed E-state index contributed by atoms with van der Waals surface area (Å²) in [4.78, 5) is 19.3. The number of nitrogens with one attached hydrogen (secondary N) is 2. The smallest absolute Gasteiger partial charge is 0.270 e. The lowest BCUT2D eigenvalue weighted by Crippen LogP contribution is -2.50. The van der Waals surface area contributed by atoms with Gasteiger partial charge in [-0.25, -0.2) is 0 Å². The van der Waals surface area contributed by atoms with Crippen LogP contribution in [-0.4, -0.2) is 40.6 Å². The predicted octanol–water partition coefficient (Wildman–Crippen LogP) is 5.40. The average molecular weight is 483 g/mol. The van der Waals surface area contributed by atoms with Crippen LogP contribution in [0, 0.1) is 5.41 Å². The second-order valence-corrected chi connectivity index (χ2v) is 9.59. The van der Waals surface area contributed by atoms with Crippen LogP contribution in [0.1, 0.15) is 55.9 Å². The maximum Gasteiger partial charge on any atom is 0.270 e. The standard InChI is InChI=1S/C30H34N4O2/c1-20(2)23-7-5-22(6-8-23)19-36-26-11-9-24(10-12-26)27(28(31)25-13-15-32-16-14-25)29-30(35)34(21(3)4)18-17-33-29/h5-16,20-21,31,33H,17-19H2,1-4H3/b29-27-,31-28?. The molecule has 1 aliphatic heterocycles. The lowest BCUT2D eigenvalue weighted by Gasteiger charge is -2.34. The van der Waals surface area contributed by atoms with Crippen LogP contribution in [0.15, 0.2) is 78.8 Å². The Hall–Kier alpha value is -3.93. The van der Waals surface area contributed by atoms with Gasteiger partial charge in [-0.3, -0.25) is 15.2 Å². The number of rotatable bonds is 8. The number of ether oxygens (including phenoxy) is 1. The Morgan fingerprint density at radius 1 is 0.972 bits per heavy atom. The van der Waals surface area contributed by atoms with Gasteiger partial charge in [0.15, 0.2) is 0 Å². The molecule has 2 N–H and O–H groups in total. The molecule has 0 spiro atoms. The number of carbonyl (C=O) groups excluding carboxylic acids is 1. The van der Waals surface area contributed by atoms with Crippen molar-refractivity contribution in [3.8, 4) is 5.75 Å². The van der Waals surface area contributed by atoms with Crippen molar-refractivity contribution in [3.05, 3.63) is 101 Å². The molecule has 3 aromatic rings. The van der Waals surface area contributed by atoms with Gasteiger partial charge in [-0.2, -0.15) is 0 Å². The molecule has 1 aliphatic rings. The van der Waals surface area contributed by atoms with E-state index in [0.29, 0.717) is 42.4 Å². The summed E-state index contributed by atoms with van der Waals surface area (Å²) in [6.45, 7) is 10.1. The summed E-state index contributed by atoms with van der Waals surface area (Å²) in [7, 11) is 0. The first-order valence-electron chi connectivity index (χ1n) is 12.5. The first kappa shape index (κ1) is 25.2. The summed E-state index contributed by atoms with van der Waals surface area (Å²) < 4.78 is 6.02. The molecular weight excluding hydrogens is 448 g/mol. The van der Waals surface area contributed by atoms with E-state index in [1.165, 1.54) is 5.56 Å². The maximum absolute atomic E-state index is 13.4. The van der Waals surface area contributed by atoms with Crippen molar-refractivity contribution in [1.29, 1.82) is 5.41 Å². The minimum Gasteiger partial charge on any atom is -0.489 e. The van der Waals surface area contributed by atoms with Gasteiger partial charge in [-0.15, -0.1) is 0 Å². The van der Waals surface area contributed by atoms with Crippen molar-refractivity contribution < 1.29 is 9.53 Å². The molecule has 0 bridgehead atoms. The molecular formula is C30H34N4O2. The Morgan fingerprint density at radius 2 is 1.64 bits per heavy atom. The highest BCUT2D eigenvalue weighted by atomic mass is 16.5. The van der Waals surface area contributed by atoms with E-state index in [1.54, 1.807) is 24.5 Å². The zero-order chi connectivity index (χ0) is 25.7. The molecule has 1 amide bonds. The van der Waals surface area contributed by atoms with Crippen LogP contribution in [0.4, 0.5) is 0 Å². The third kappa shape index (κ3) is 5.65. The highest BCUT2D eigenvalue weighted by Gasteiger charge is 2.30. The fourth-order valence-electron chi connectivity index (χ4n) is 4.27. The molecule has 186 valence electrons. The summed E-state index contributed by atoms with van der Waals surface area (Å²) in [6, 6.07) is 19.8. The first-order valence-corrected chi connectivity index (χ1v) is 12.5. The third-order valence-electron chi connectivity index (χ3n) is 6.42. The third-order valence-corrected chi connectivity index (χ3v) is 6.42. The molecule has 0 radical (unpaired) electrons. The lowest BCUT2D eigenvalue weighted by atomic mass is 9.93. The minimum atomic E-state index is -0.0878. The Labute approximate surface area is 213 Å². The topological polar surface area (TPSA) is 78.3 Å². The molecule has 0 aliphatic carbocycles. The van der Waals surface area contributed by atoms with Crippen molar-refractivity contribution in [2.75, 3.05) is 13.1 Å². The quantitative estimate of drug-likeness (QED) is 0.333. The van der Waals surface area contributed by atoms with Crippen LogP contribution in [0.5, 0.6) is 5.75 Å². The lowest BCUT2D eigenvalue weighted by molar-refractivity contribution is -0.130. The van der Waals surface area contributed by atoms with Crippen molar-refractivity contribution in [3.63, 3.8) is 0 Å². The van der Waals surface area contributed by atoms with Gasteiger partial charge in [0.2, 0.25) is 0 Å². The molecule has 2 heterocycles. The first-order chi connectivity index (χ1) is 17.3. The molecule has 0 unspecified atom stereocenters. The summed E-state index contributed by atoms with van der Waals surface area (Å²) >= 11 is 0. The monoisotopic (exact) mass is 482 g/mol. The van der Waals surface area contributed by atoms with Crippen LogP contribution < -0.4 is 10.1 Å². The van der Waals surface area contributed by atoms with Gasteiger partial charge in [0.05, 0.1) is 5.71 Å². The van der Waals surface area contributed by atoms with Crippen LogP contribution >= 0.6 is 0 Å². The summed E-state index contributed by atoms with van der Waals surface area (Å²) in [6.07, 6.45) is 3.32. The van der Waals surface area contributed by atoms with Gasteiger partial charge in [-0.1, -0.05) is 50.2 Å². The number of piperazine rings is 1. The Morgan fingerprint density at radius 3 is 2.25 bits per heavy atom. The Balaban J connectivity index is 1.61. The minimum absolute atomic E-state index is 0.0799. The number of amides is 1. The van der Waals surface area contributed by atoms with E-state index in [2.05, 4.69) is 48.4 Å². The number of aromatic nitrogens is 1. The van der Waals surface area contributed by atoms with Crippen LogP contribution in [0.3, 0.4) is 0 Å². The number of pyridine rings is 1. The summed E-state index contributed by atoms with van der Waals surface area (Å²) in [5.74, 6) is 1.15. The number of carbonyl (C=O) groups is 1.